The standard InChI is InChI=1S/C37H25/c1-5-13-26(14-6-1)31-23-24-33(28-17-9-3-10-18-28)37-34(31)25-30-21-22-32(27-15-7-2-8-16-27)35(36(30)37)29-19-11-4-12-20-29/h1-25H. The highest BCUT2D eigenvalue weighted by atomic mass is 14.3. The molecule has 0 atom stereocenters. The van der Waals surface area contributed by atoms with Crippen LogP contribution in [0.3, 0.4) is 0 Å². The predicted octanol–water partition coefficient (Wildman–Crippen LogP) is 9.94. The van der Waals surface area contributed by atoms with Crippen molar-refractivity contribution in [1.82, 2.24) is 0 Å². The zero-order valence-electron chi connectivity index (χ0n) is 20.4. The second kappa shape index (κ2) is 9.08. The summed E-state index contributed by atoms with van der Waals surface area (Å²) in [6.45, 7) is 0. The molecule has 0 saturated carbocycles. The van der Waals surface area contributed by atoms with Crippen molar-refractivity contribution in [2.24, 2.45) is 0 Å². The molecule has 0 amide bonds. The Morgan fingerprint density at radius 1 is 0.270 bits per heavy atom. The minimum absolute atomic E-state index is 1.23. The lowest BCUT2D eigenvalue weighted by Crippen LogP contribution is -1.93. The van der Waals surface area contributed by atoms with Gasteiger partial charge in [0, 0.05) is 6.42 Å². The lowest BCUT2D eigenvalue weighted by molar-refractivity contribution is 1.51. The molecule has 37 heavy (non-hydrogen) atoms. The van der Waals surface area contributed by atoms with E-state index >= 15 is 0 Å². The monoisotopic (exact) mass is 469 g/mol. The molecule has 0 N–H and O–H groups in total. The first-order valence-corrected chi connectivity index (χ1v) is 12.8. The van der Waals surface area contributed by atoms with Gasteiger partial charge in [0.2, 0.25) is 0 Å². The van der Waals surface area contributed by atoms with Crippen molar-refractivity contribution in [3.8, 4) is 55.6 Å². The molecule has 0 aliphatic heterocycles. The summed E-state index contributed by atoms with van der Waals surface area (Å²) < 4.78 is 0. The van der Waals surface area contributed by atoms with Gasteiger partial charge >= 0.3 is 0 Å². The Morgan fingerprint density at radius 3 is 1.22 bits per heavy atom. The third kappa shape index (κ3) is 3.70. The van der Waals surface area contributed by atoms with E-state index in [-0.39, 0.29) is 0 Å². The van der Waals surface area contributed by atoms with Crippen LogP contribution in [0.2, 0.25) is 0 Å². The predicted molar refractivity (Wildman–Crippen MR) is 156 cm³/mol. The van der Waals surface area contributed by atoms with Gasteiger partial charge in [-0.15, -0.1) is 0 Å². The van der Waals surface area contributed by atoms with E-state index in [0.29, 0.717) is 0 Å². The fourth-order valence-electron chi connectivity index (χ4n) is 5.69. The first-order chi connectivity index (χ1) is 18.4. The molecule has 173 valence electrons. The molecule has 0 nitrogen and oxygen atoms in total. The van der Waals surface area contributed by atoms with Crippen molar-refractivity contribution >= 4 is 0 Å². The molecule has 6 aromatic carbocycles. The molecule has 7 rings (SSSR count). The van der Waals surface area contributed by atoms with Gasteiger partial charge in [-0.1, -0.05) is 146 Å². The third-order valence-corrected chi connectivity index (χ3v) is 7.35. The maximum atomic E-state index is 2.39. The van der Waals surface area contributed by atoms with E-state index in [1.54, 1.807) is 0 Å². The summed E-state index contributed by atoms with van der Waals surface area (Å²) in [5.41, 5.74) is 15.3. The van der Waals surface area contributed by atoms with E-state index in [4.69, 9.17) is 0 Å². The van der Waals surface area contributed by atoms with Crippen molar-refractivity contribution in [2.45, 2.75) is 0 Å². The average molecular weight is 470 g/mol. The Bertz CT molecular complexity index is 1700. The SMILES string of the molecule is [CH]1c2ccc(-c3ccccc3)c(-c3ccccc3)c2-c2c(-c3ccccc3)ccc(-c3ccccc3)c21. The number of benzene rings is 6. The van der Waals surface area contributed by atoms with Gasteiger partial charge in [0.15, 0.2) is 0 Å². The second-order valence-electron chi connectivity index (χ2n) is 9.51. The van der Waals surface area contributed by atoms with Crippen LogP contribution in [0.5, 0.6) is 0 Å². The molecule has 6 aromatic rings. The molecular formula is C37H25. The molecule has 0 unspecified atom stereocenters. The molecule has 0 saturated heterocycles. The normalized spacial score (nSPS) is 11.7. The highest BCUT2D eigenvalue weighted by molar-refractivity contribution is 6.06. The van der Waals surface area contributed by atoms with Gasteiger partial charge in [0.1, 0.15) is 0 Å². The van der Waals surface area contributed by atoms with Crippen LogP contribution in [-0.2, 0) is 0 Å². The van der Waals surface area contributed by atoms with Gasteiger partial charge in [0.05, 0.1) is 0 Å². The molecule has 0 bridgehead atoms. The van der Waals surface area contributed by atoms with E-state index in [1.807, 2.05) is 0 Å². The Morgan fingerprint density at radius 2 is 0.676 bits per heavy atom. The van der Waals surface area contributed by atoms with Crippen molar-refractivity contribution < 1.29 is 0 Å². The molecule has 0 heterocycles. The maximum absolute atomic E-state index is 2.39. The van der Waals surface area contributed by atoms with Crippen molar-refractivity contribution in [2.75, 3.05) is 0 Å². The molecule has 0 spiro atoms. The van der Waals surface area contributed by atoms with E-state index < -0.39 is 0 Å². The summed E-state index contributed by atoms with van der Waals surface area (Å²) in [6.07, 6.45) is 2.39. The summed E-state index contributed by atoms with van der Waals surface area (Å²) in [7, 11) is 0. The van der Waals surface area contributed by atoms with Gasteiger partial charge in [0.25, 0.3) is 0 Å². The van der Waals surface area contributed by atoms with Crippen LogP contribution in [0.15, 0.2) is 146 Å². The summed E-state index contributed by atoms with van der Waals surface area (Å²) in [5, 5.41) is 0. The summed E-state index contributed by atoms with van der Waals surface area (Å²) in [5.74, 6) is 0. The lowest BCUT2D eigenvalue weighted by Gasteiger charge is -2.19. The van der Waals surface area contributed by atoms with Crippen molar-refractivity contribution in [3.63, 3.8) is 0 Å². The first kappa shape index (κ1) is 21.6. The van der Waals surface area contributed by atoms with Gasteiger partial charge in [-0.05, 0) is 66.8 Å². The summed E-state index contributed by atoms with van der Waals surface area (Å²) in [4.78, 5) is 0. The number of hydrogen-bond acceptors (Lipinski definition) is 0. The summed E-state index contributed by atoms with van der Waals surface area (Å²) >= 11 is 0. The third-order valence-electron chi connectivity index (χ3n) is 7.35. The lowest BCUT2D eigenvalue weighted by atomic mass is 9.84. The zero-order valence-corrected chi connectivity index (χ0v) is 20.4. The van der Waals surface area contributed by atoms with Crippen LogP contribution in [0.25, 0.3) is 55.6 Å². The van der Waals surface area contributed by atoms with Crippen LogP contribution >= 0.6 is 0 Å². The van der Waals surface area contributed by atoms with E-state index in [2.05, 4.69) is 152 Å². The van der Waals surface area contributed by atoms with E-state index in [9.17, 15) is 0 Å². The topological polar surface area (TPSA) is 0 Å². The Hall–Kier alpha value is -4.68. The van der Waals surface area contributed by atoms with E-state index in [1.165, 1.54) is 66.8 Å². The Labute approximate surface area is 218 Å². The maximum Gasteiger partial charge on any atom is 0.0218 e. The van der Waals surface area contributed by atoms with Crippen molar-refractivity contribution in [1.29, 1.82) is 0 Å². The Balaban J connectivity index is 1.59. The number of hydrogen-bond donors (Lipinski definition) is 0. The zero-order chi connectivity index (χ0) is 24.6. The van der Waals surface area contributed by atoms with Crippen LogP contribution < -0.4 is 0 Å². The van der Waals surface area contributed by atoms with Crippen molar-refractivity contribution in [3.05, 3.63) is 163 Å². The molecule has 0 aromatic heterocycles. The quantitative estimate of drug-likeness (QED) is 0.241. The molecule has 1 aliphatic rings. The molecule has 1 radical (unpaired) electrons. The number of fused-ring (bicyclic) bond motifs is 3. The Kier molecular flexibility index (Phi) is 5.30. The highest BCUT2D eigenvalue weighted by Crippen LogP contribution is 2.53. The van der Waals surface area contributed by atoms with Crippen LogP contribution in [-0.4, -0.2) is 0 Å². The van der Waals surface area contributed by atoms with Crippen LogP contribution in [0.1, 0.15) is 11.1 Å². The van der Waals surface area contributed by atoms with Gasteiger partial charge in [-0.3, -0.25) is 0 Å². The first-order valence-electron chi connectivity index (χ1n) is 12.8. The minimum Gasteiger partial charge on any atom is -0.0622 e. The molecular weight excluding hydrogens is 444 g/mol. The molecule has 1 aliphatic carbocycles. The summed E-state index contributed by atoms with van der Waals surface area (Å²) in [6, 6.07) is 52.4. The van der Waals surface area contributed by atoms with Crippen LogP contribution in [0.4, 0.5) is 0 Å². The van der Waals surface area contributed by atoms with E-state index in [0.717, 1.165) is 0 Å². The minimum atomic E-state index is 1.23. The fourth-order valence-corrected chi connectivity index (χ4v) is 5.69. The molecule has 0 heteroatoms. The second-order valence-corrected chi connectivity index (χ2v) is 9.51. The highest BCUT2D eigenvalue weighted by Gasteiger charge is 2.30. The van der Waals surface area contributed by atoms with Gasteiger partial charge < -0.3 is 0 Å². The van der Waals surface area contributed by atoms with Gasteiger partial charge in [-0.25, -0.2) is 0 Å². The number of rotatable bonds is 4. The fraction of sp³-hybridized carbons (Fsp3) is 0. The van der Waals surface area contributed by atoms with Crippen LogP contribution in [0, 0.1) is 6.42 Å². The average Bonchev–Trinajstić information content (AvgIpc) is 3.38. The van der Waals surface area contributed by atoms with Gasteiger partial charge in [-0.2, -0.15) is 0 Å². The molecule has 0 fully saturated rings. The smallest absolute Gasteiger partial charge is 0.0218 e. The largest absolute Gasteiger partial charge is 0.0622 e.